The summed E-state index contributed by atoms with van der Waals surface area (Å²) in [5.74, 6) is -2.98. The van der Waals surface area contributed by atoms with Crippen LogP contribution in [0.4, 0.5) is 13.2 Å². The fourth-order valence-corrected chi connectivity index (χ4v) is 1.77. The fourth-order valence-electron chi connectivity index (χ4n) is 1.77. The van der Waals surface area contributed by atoms with E-state index in [1.165, 1.54) is 24.3 Å². The van der Waals surface area contributed by atoms with Crippen LogP contribution in [0.1, 0.15) is 11.7 Å². The summed E-state index contributed by atoms with van der Waals surface area (Å²) < 4.78 is 47.5. The van der Waals surface area contributed by atoms with E-state index in [-0.39, 0.29) is 11.3 Å². The van der Waals surface area contributed by atoms with Gasteiger partial charge in [-0.1, -0.05) is 18.2 Å². The van der Waals surface area contributed by atoms with Crippen LogP contribution in [-0.4, -0.2) is 24.4 Å². The highest BCUT2D eigenvalue weighted by molar-refractivity contribution is 5.91. The van der Waals surface area contributed by atoms with Gasteiger partial charge in [-0.25, -0.2) is 4.79 Å². The molecule has 1 aliphatic heterocycles. The Hall–Kier alpha value is -2.02. The van der Waals surface area contributed by atoms with Crippen LogP contribution < -0.4 is 4.74 Å². The molecular weight excluding hydrogens is 265 g/mol. The number of hydrogen-bond acceptors (Lipinski definition) is 4. The zero-order valence-corrected chi connectivity index (χ0v) is 9.69. The Morgan fingerprint density at radius 1 is 1.37 bits per heavy atom. The van der Waals surface area contributed by atoms with Crippen molar-refractivity contribution in [1.29, 1.82) is 0 Å². The lowest BCUT2D eigenvalue weighted by Gasteiger charge is -2.27. The molecule has 7 heteroatoms. The number of alkyl halides is 3. The number of carbonyl (C=O) groups is 1. The predicted molar refractivity (Wildman–Crippen MR) is 57.1 cm³/mol. The summed E-state index contributed by atoms with van der Waals surface area (Å²) in [6.07, 6.45) is -6.65. The Morgan fingerprint density at radius 3 is 2.58 bits per heavy atom. The summed E-state index contributed by atoms with van der Waals surface area (Å²) in [5.41, 5.74) is -0.871. The molecule has 2 rings (SSSR count). The predicted octanol–water partition coefficient (Wildman–Crippen LogP) is 2.10. The molecule has 0 aromatic heterocycles. The largest absolute Gasteiger partial charge is 0.465 e. The van der Waals surface area contributed by atoms with Crippen LogP contribution in [0, 0.1) is 0 Å². The van der Waals surface area contributed by atoms with Crippen LogP contribution in [0.2, 0.25) is 0 Å². The molecule has 0 aliphatic carbocycles. The van der Waals surface area contributed by atoms with Crippen molar-refractivity contribution < 1.29 is 32.5 Å². The summed E-state index contributed by atoms with van der Waals surface area (Å²) in [5, 5.41) is 9.92. The van der Waals surface area contributed by atoms with Crippen molar-refractivity contribution in [3.63, 3.8) is 0 Å². The second kappa shape index (κ2) is 4.58. The smallest absolute Gasteiger partial charge is 0.450 e. The van der Waals surface area contributed by atoms with E-state index in [2.05, 4.69) is 4.74 Å². The van der Waals surface area contributed by atoms with Gasteiger partial charge in [-0.2, -0.15) is 13.2 Å². The third-order valence-electron chi connectivity index (χ3n) is 2.61. The van der Waals surface area contributed by atoms with E-state index in [9.17, 15) is 23.1 Å². The Balaban J connectivity index is 2.61. The lowest BCUT2D eigenvalue weighted by Crippen LogP contribution is -2.29. The Kier molecular flexibility index (Phi) is 3.23. The molecule has 1 N–H and O–H groups in total. The number of aliphatic hydroxyl groups is 1. The normalized spacial score (nSPS) is 18.7. The number of benzene rings is 1. The van der Waals surface area contributed by atoms with E-state index in [1.54, 1.807) is 0 Å². The number of rotatable bonds is 1. The number of fused-ring (bicyclic) bond motifs is 1. The number of carbonyl (C=O) groups excluding carboxylic acids is 1. The number of para-hydroxylation sites is 1. The quantitative estimate of drug-likeness (QED) is 0.797. The third-order valence-corrected chi connectivity index (χ3v) is 2.61. The highest BCUT2D eigenvalue weighted by atomic mass is 19.4. The molecule has 1 unspecified atom stereocenters. The third kappa shape index (κ3) is 2.28. The maximum atomic E-state index is 12.9. The van der Waals surface area contributed by atoms with Gasteiger partial charge in [0, 0.05) is 5.56 Å². The summed E-state index contributed by atoms with van der Waals surface area (Å²) in [6.45, 7) is 0. The Bertz CT molecular complexity index is 548. The average molecular weight is 274 g/mol. The first-order valence-corrected chi connectivity index (χ1v) is 5.20. The monoisotopic (exact) mass is 274 g/mol. The molecule has 102 valence electrons. The van der Waals surface area contributed by atoms with Gasteiger partial charge in [-0.05, 0) is 6.07 Å². The van der Waals surface area contributed by atoms with Gasteiger partial charge in [0.25, 0.3) is 0 Å². The number of ether oxygens (including phenoxy) is 2. The van der Waals surface area contributed by atoms with Gasteiger partial charge in [0.1, 0.15) is 17.4 Å². The first-order valence-electron chi connectivity index (χ1n) is 5.20. The van der Waals surface area contributed by atoms with E-state index < -0.39 is 29.6 Å². The molecule has 0 fully saturated rings. The zero-order chi connectivity index (χ0) is 14.2. The van der Waals surface area contributed by atoms with Crippen LogP contribution in [0.15, 0.2) is 35.6 Å². The van der Waals surface area contributed by atoms with Crippen molar-refractivity contribution in [3.8, 4) is 5.75 Å². The minimum Gasteiger partial charge on any atom is -0.465 e. The topological polar surface area (TPSA) is 55.8 Å². The number of methoxy groups -OCH3 is 1. The molecule has 0 saturated carbocycles. The first-order chi connectivity index (χ1) is 8.86. The maximum absolute atomic E-state index is 12.9. The summed E-state index contributed by atoms with van der Waals surface area (Å²) in [7, 11) is 0.927. The second-order valence-corrected chi connectivity index (χ2v) is 3.77. The summed E-state index contributed by atoms with van der Waals surface area (Å²) in [6, 6.07) is 5.62. The maximum Gasteiger partial charge on any atom is 0.450 e. The molecule has 1 heterocycles. The first kappa shape index (κ1) is 13.4. The number of esters is 1. The van der Waals surface area contributed by atoms with Gasteiger partial charge >= 0.3 is 12.1 Å². The Labute approximate surface area is 106 Å². The SMILES string of the molecule is COC(=O)C1=C(C(F)(F)F)Oc2ccccc2C1O. The lowest BCUT2D eigenvalue weighted by molar-refractivity contribution is -0.142. The Morgan fingerprint density at radius 2 is 2.00 bits per heavy atom. The van der Waals surface area contributed by atoms with Gasteiger partial charge < -0.3 is 14.6 Å². The highest BCUT2D eigenvalue weighted by Gasteiger charge is 2.46. The molecule has 0 bridgehead atoms. The van der Waals surface area contributed by atoms with Gasteiger partial charge in [-0.15, -0.1) is 0 Å². The second-order valence-electron chi connectivity index (χ2n) is 3.77. The molecule has 4 nitrogen and oxygen atoms in total. The van der Waals surface area contributed by atoms with E-state index in [4.69, 9.17) is 4.74 Å². The number of halogens is 3. The minimum absolute atomic E-state index is 0.0795. The molecule has 19 heavy (non-hydrogen) atoms. The van der Waals surface area contributed by atoms with Crippen LogP contribution >= 0.6 is 0 Å². The molecular formula is C12H9F3O4. The molecule has 0 amide bonds. The van der Waals surface area contributed by atoms with Crippen LogP contribution in [0.3, 0.4) is 0 Å². The number of allylic oxidation sites excluding steroid dienone is 1. The fraction of sp³-hybridized carbons (Fsp3) is 0.250. The molecule has 1 atom stereocenters. The molecule has 1 aromatic carbocycles. The van der Waals surface area contributed by atoms with Crippen molar-refractivity contribution in [3.05, 3.63) is 41.2 Å². The molecule has 0 spiro atoms. The molecule has 0 saturated heterocycles. The van der Waals surface area contributed by atoms with E-state index in [1.807, 2.05) is 0 Å². The van der Waals surface area contributed by atoms with E-state index in [0.29, 0.717) is 0 Å². The van der Waals surface area contributed by atoms with E-state index >= 15 is 0 Å². The summed E-state index contributed by atoms with van der Waals surface area (Å²) >= 11 is 0. The number of hydrogen-bond donors (Lipinski definition) is 1. The zero-order valence-electron chi connectivity index (χ0n) is 9.69. The van der Waals surface area contributed by atoms with Crippen molar-refractivity contribution >= 4 is 5.97 Å². The molecule has 0 radical (unpaired) electrons. The van der Waals surface area contributed by atoms with Crippen LogP contribution in [-0.2, 0) is 9.53 Å². The van der Waals surface area contributed by atoms with Crippen LogP contribution in [0.25, 0.3) is 0 Å². The van der Waals surface area contributed by atoms with Gasteiger partial charge in [0.15, 0.2) is 0 Å². The van der Waals surface area contributed by atoms with Crippen LogP contribution in [0.5, 0.6) is 5.75 Å². The van der Waals surface area contributed by atoms with Crippen molar-refractivity contribution in [2.24, 2.45) is 0 Å². The molecule has 1 aliphatic rings. The van der Waals surface area contributed by atoms with Gasteiger partial charge in [0.05, 0.1) is 7.11 Å². The number of aliphatic hydroxyl groups excluding tert-OH is 1. The minimum atomic E-state index is -4.90. The van der Waals surface area contributed by atoms with Gasteiger partial charge in [0.2, 0.25) is 5.76 Å². The van der Waals surface area contributed by atoms with Crippen molar-refractivity contribution in [2.45, 2.75) is 12.3 Å². The van der Waals surface area contributed by atoms with Crippen molar-refractivity contribution in [1.82, 2.24) is 0 Å². The standard InChI is InChI=1S/C12H9F3O4/c1-18-11(17)8-9(16)6-4-2-3-5-7(6)19-10(8)12(13,14)15/h2-5,9,16H,1H3. The summed E-state index contributed by atoms with van der Waals surface area (Å²) in [4.78, 5) is 11.4. The van der Waals surface area contributed by atoms with Crippen molar-refractivity contribution in [2.75, 3.05) is 7.11 Å². The van der Waals surface area contributed by atoms with Gasteiger partial charge in [-0.3, -0.25) is 0 Å². The highest BCUT2D eigenvalue weighted by Crippen LogP contribution is 2.43. The molecule has 1 aromatic rings. The average Bonchev–Trinajstić information content (AvgIpc) is 2.37. The van der Waals surface area contributed by atoms with E-state index in [0.717, 1.165) is 7.11 Å². The lowest BCUT2D eigenvalue weighted by atomic mass is 9.97.